The predicted octanol–water partition coefficient (Wildman–Crippen LogP) is 1.13. The molecule has 1 atom stereocenters. The number of hydrogen-bond acceptors (Lipinski definition) is 3. The molecule has 0 amide bonds. The minimum absolute atomic E-state index is 0.161. The van der Waals surface area contributed by atoms with Crippen molar-refractivity contribution in [3.63, 3.8) is 0 Å². The SMILES string of the molecule is COC1C(=O)C(C)=CC(C)(C)C1=O. The number of rotatable bonds is 1. The summed E-state index contributed by atoms with van der Waals surface area (Å²) >= 11 is 0. The molecule has 0 aliphatic heterocycles. The van der Waals surface area contributed by atoms with E-state index in [9.17, 15) is 9.59 Å². The van der Waals surface area contributed by atoms with E-state index >= 15 is 0 Å². The lowest BCUT2D eigenvalue weighted by Gasteiger charge is -2.29. The van der Waals surface area contributed by atoms with Gasteiger partial charge >= 0.3 is 0 Å². The largest absolute Gasteiger partial charge is 0.365 e. The summed E-state index contributed by atoms with van der Waals surface area (Å²) in [5.74, 6) is -0.377. The highest BCUT2D eigenvalue weighted by Gasteiger charge is 2.41. The number of carbonyl (C=O) groups excluding carboxylic acids is 2. The topological polar surface area (TPSA) is 43.4 Å². The number of ketones is 2. The number of carbonyl (C=O) groups is 2. The Balaban J connectivity index is 3.15. The van der Waals surface area contributed by atoms with Gasteiger partial charge in [0.25, 0.3) is 0 Å². The van der Waals surface area contributed by atoms with Crippen molar-refractivity contribution < 1.29 is 14.3 Å². The second-order valence-electron chi connectivity index (χ2n) is 3.89. The Morgan fingerprint density at radius 1 is 1.38 bits per heavy atom. The van der Waals surface area contributed by atoms with E-state index in [1.807, 2.05) is 0 Å². The normalized spacial score (nSPS) is 27.4. The number of hydrogen-bond donors (Lipinski definition) is 0. The maximum absolute atomic E-state index is 11.6. The van der Waals surface area contributed by atoms with Crippen molar-refractivity contribution in [1.82, 2.24) is 0 Å². The molecule has 1 unspecified atom stereocenters. The lowest BCUT2D eigenvalue weighted by molar-refractivity contribution is -0.144. The maximum Gasteiger partial charge on any atom is 0.194 e. The number of allylic oxidation sites excluding steroid dienone is 1. The molecule has 0 radical (unpaired) electrons. The van der Waals surface area contributed by atoms with Crippen molar-refractivity contribution >= 4 is 11.6 Å². The molecule has 72 valence electrons. The van der Waals surface area contributed by atoms with Gasteiger partial charge in [0, 0.05) is 12.5 Å². The van der Waals surface area contributed by atoms with Crippen molar-refractivity contribution in [1.29, 1.82) is 0 Å². The molecular weight excluding hydrogens is 168 g/mol. The fourth-order valence-electron chi connectivity index (χ4n) is 1.56. The van der Waals surface area contributed by atoms with Crippen LogP contribution in [0.4, 0.5) is 0 Å². The van der Waals surface area contributed by atoms with Crippen LogP contribution >= 0.6 is 0 Å². The molecular formula is C10H14O3. The first-order chi connectivity index (χ1) is 5.90. The first kappa shape index (κ1) is 10.1. The molecule has 13 heavy (non-hydrogen) atoms. The van der Waals surface area contributed by atoms with Crippen LogP contribution in [0, 0.1) is 5.41 Å². The van der Waals surface area contributed by atoms with Crippen LogP contribution in [0.1, 0.15) is 20.8 Å². The monoisotopic (exact) mass is 182 g/mol. The van der Waals surface area contributed by atoms with Gasteiger partial charge in [-0.15, -0.1) is 0 Å². The first-order valence-corrected chi connectivity index (χ1v) is 4.21. The Hall–Kier alpha value is -0.960. The van der Waals surface area contributed by atoms with E-state index in [0.29, 0.717) is 5.57 Å². The van der Waals surface area contributed by atoms with E-state index in [2.05, 4.69) is 0 Å². The Morgan fingerprint density at radius 3 is 2.38 bits per heavy atom. The predicted molar refractivity (Wildman–Crippen MR) is 48.3 cm³/mol. The van der Waals surface area contributed by atoms with Gasteiger partial charge in [-0.2, -0.15) is 0 Å². The van der Waals surface area contributed by atoms with Gasteiger partial charge in [0.15, 0.2) is 17.7 Å². The minimum atomic E-state index is -0.903. The Morgan fingerprint density at radius 2 is 1.92 bits per heavy atom. The summed E-state index contributed by atoms with van der Waals surface area (Å²) in [6.07, 6.45) is 0.799. The Bertz CT molecular complexity index is 287. The van der Waals surface area contributed by atoms with Crippen LogP contribution in [0.5, 0.6) is 0 Å². The van der Waals surface area contributed by atoms with Crippen molar-refractivity contribution in [3.8, 4) is 0 Å². The minimum Gasteiger partial charge on any atom is -0.365 e. The highest BCUT2D eigenvalue weighted by molar-refractivity contribution is 6.17. The zero-order valence-corrected chi connectivity index (χ0v) is 8.38. The van der Waals surface area contributed by atoms with Crippen LogP contribution < -0.4 is 0 Å². The van der Waals surface area contributed by atoms with Crippen molar-refractivity contribution in [2.45, 2.75) is 26.9 Å². The molecule has 1 rings (SSSR count). The molecule has 0 saturated heterocycles. The lowest BCUT2D eigenvalue weighted by Crippen LogP contribution is -2.44. The van der Waals surface area contributed by atoms with Gasteiger partial charge in [0.05, 0.1) is 0 Å². The van der Waals surface area contributed by atoms with Crippen molar-refractivity contribution in [3.05, 3.63) is 11.6 Å². The molecule has 0 bridgehead atoms. The highest BCUT2D eigenvalue weighted by atomic mass is 16.5. The number of methoxy groups -OCH3 is 1. The van der Waals surface area contributed by atoms with E-state index < -0.39 is 11.5 Å². The third-order valence-corrected chi connectivity index (χ3v) is 2.31. The molecule has 1 aliphatic rings. The smallest absolute Gasteiger partial charge is 0.194 e. The van der Waals surface area contributed by atoms with E-state index in [-0.39, 0.29) is 11.6 Å². The molecule has 3 nitrogen and oxygen atoms in total. The second kappa shape index (κ2) is 3.07. The summed E-state index contributed by atoms with van der Waals surface area (Å²) in [6, 6.07) is 0. The number of ether oxygens (including phenoxy) is 1. The molecule has 0 heterocycles. The van der Waals surface area contributed by atoms with Gasteiger partial charge in [-0.1, -0.05) is 6.08 Å². The molecule has 0 fully saturated rings. The molecule has 0 spiro atoms. The summed E-state index contributed by atoms with van der Waals surface area (Å²) in [6.45, 7) is 5.29. The van der Waals surface area contributed by atoms with Gasteiger partial charge in [-0.05, 0) is 26.3 Å². The molecule has 0 aromatic heterocycles. The standard InChI is InChI=1S/C10H14O3/c1-6-5-10(2,3)9(12)8(13-4)7(6)11/h5,8H,1-4H3. The van der Waals surface area contributed by atoms with Gasteiger partial charge in [-0.3, -0.25) is 9.59 Å². The van der Waals surface area contributed by atoms with E-state index in [4.69, 9.17) is 4.74 Å². The Labute approximate surface area is 77.8 Å². The summed E-state index contributed by atoms with van der Waals surface area (Å²) in [7, 11) is 1.38. The van der Waals surface area contributed by atoms with Gasteiger partial charge in [0.2, 0.25) is 0 Å². The summed E-state index contributed by atoms with van der Waals surface area (Å²) in [5, 5.41) is 0. The van der Waals surface area contributed by atoms with E-state index in [1.165, 1.54) is 7.11 Å². The average molecular weight is 182 g/mol. The summed E-state index contributed by atoms with van der Waals surface area (Å²) in [5.41, 5.74) is 0.0232. The first-order valence-electron chi connectivity index (χ1n) is 4.21. The van der Waals surface area contributed by atoms with Crippen LogP contribution in [0.2, 0.25) is 0 Å². The van der Waals surface area contributed by atoms with Gasteiger partial charge in [0.1, 0.15) is 0 Å². The van der Waals surface area contributed by atoms with Crippen molar-refractivity contribution in [2.24, 2.45) is 5.41 Å². The van der Waals surface area contributed by atoms with E-state index in [1.54, 1.807) is 26.8 Å². The molecule has 3 heteroatoms. The Kier molecular flexibility index (Phi) is 2.39. The summed E-state index contributed by atoms with van der Waals surface area (Å²) < 4.78 is 4.88. The molecule has 0 aromatic carbocycles. The van der Waals surface area contributed by atoms with Crippen LogP contribution in [-0.2, 0) is 14.3 Å². The lowest BCUT2D eigenvalue weighted by atomic mass is 9.76. The average Bonchev–Trinajstić information content (AvgIpc) is 2.02. The third kappa shape index (κ3) is 1.56. The van der Waals surface area contributed by atoms with Crippen molar-refractivity contribution in [2.75, 3.05) is 7.11 Å². The molecule has 0 N–H and O–H groups in total. The molecule has 0 aromatic rings. The zero-order chi connectivity index (χ0) is 10.2. The van der Waals surface area contributed by atoms with Crippen LogP contribution in [0.15, 0.2) is 11.6 Å². The zero-order valence-electron chi connectivity index (χ0n) is 8.38. The number of Topliss-reactive ketones (excluding diaryl/α,β-unsaturated/α-hetero) is 2. The van der Waals surface area contributed by atoms with Gasteiger partial charge in [-0.25, -0.2) is 0 Å². The van der Waals surface area contributed by atoms with E-state index in [0.717, 1.165) is 0 Å². The molecule has 1 aliphatic carbocycles. The summed E-state index contributed by atoms with van der Waals surface area (Å²) in [4.78, 5) is 23.1. The molecule has 0 saturated carbocycles. The van der Waals surface area contributed by atoms with Crippen LogP contribution in [-0.4, -0.2) is 24.8 Å². The van der Waals surface area contributed by atoms with Gasteiger partial charge < -0.3 is 4.74 Å². The fourth-order valence-corrected chi connectivity index (χ4v) is 1.56. The quantitative estimate of drug-likeness (QED) is 0.571. The maximum atomic E-state index is 11.6. The second-order valence-corrected chi connectivity index (χ2v) is 3.89. The van der Waals surface area contributed by atoms with Crippen LogP contribution in [0.3, 0.4) is 0 Å². The van der Waals surface area contributed by atoms with Crippen LogP contribution in [0.25, 0.3) is 0 Å². The highest BCUT2D eigenvalue weighted by Crippen LogP contribution is 2.29. The third-order valence-electron chi connectivity index (χ3n) is 2.31. The fraction of sp³-hybridized carbons (Fsp3) is 0.600.